The Bertz CT molecular complexity index is 1090. The number of fused-ring (bicyclic) bond motifs is 1. The lowest BCUT2D eigenvalue weighted by atomic mass is 9.97. The Morgan fingerprint density at radius 2 is 1.82 bits per heavy atom. The minimum Gasteiger partial charge on any atom is -0.494 e. The van der Waals surface area contributed by atoms with Gasteiger partial charge in [-0.2, -0.15) is 0 Å². The third-order valence-corrected chi connectivity index (χ3v) is 6.00. The predicted octanol–water partition coefficient (Wildman–Crippen LogP) is 6.54. The first-order valence-corrected chi connectivity index (χ1v) is 11.8. The van der Waals surface area contributed by atoms with Crippen molar-refractivity contribution in [3.63, 3.8) is 0 Å². The number of anilines is 1. The second-order valence-electron chi connectivity index (χ2n) is 8.52. The highest BCUT2D eigenvalue weighted by molar-refractivity contribution is 5.97. The van der Waals surface area contributed by atoms with E-state index >= 15 is 0 Å². The molecule has 170 valence electrons. The van der Waals surface area contributed by atoms with E-state index in [2.05, 4.69) is 37.0 Å². The van der Waals surface area contributed by atoms with Crippen LogP contribution in [0.3, 0.4) is 0 Å². The molecule has 33 heavy (non-hydrogen) atoms. The van der Waals surface area contributed by atoms with Gasteiger partial charge >= 0.3 is 0 Å². The number of amides is 1. The number of unbranched alkanes of at least 4 members (excludes halogenated alkanes) is 2. The second-order valence-corrected chi connectivity index (χ2v) is 8.52. The molecule has 1 aliphatic heterocycles. The number of nitrogens with zero attached hydrogens (tertiary/aromatic N) is 1. The maximum atomic E-state index is 13.0. The minimum atomic E-state index is 0.0972. The fraction of sp³-hybridized carbons (Fsp3) is 0.276. The Labute approximate surface area is 196 Å². The van der Waals surface area contributed by atoms with Gasteiger partial charge in [-0.15, -0.1) is 0 Å². The van der Waals surface area contributed by atoms with Crippen molar-refractivity contribution < 1.29 is 9.53 Å². The van der Waals surface area contributed by atoms with Crippen LogP contribution in [0, 0.1) is 0 Å². The van der Waals surface area contributed by atoms with Crippen molar-refractivity contribution in [1.29, 1.82) is 0 Å². The van der Waals surface area contributed by atoms with E-state index in [-0.39, 0.29) is 5.91 Å². The van der Waals surface area contributed by atoms with E-state index in [9.17, 15) is 4.79 Å². The highest BCUT2D eigenvalue weighted by atomic mass is 16.5. The van der Waals surface area contributed by atoms with E-state index in [1.54, 1.807) is 0 Å². The molecule has 0 aromatic heterocycles. The van der Waals surface area contributed by atoms with Crippen molar-refractivity contribution in [2.75, 3.05) is 18.5 Å². The maximum Gasteiger partial charge on any atom is 0.254 e. The fourth-order valence-electron chi connectivity index (χ4n) is 4.11. The molecule has 1 amide bonds. The number of benzene rings is 3. The van der Waals surface area contributed by atoms with Crippen molar-refractivity contribution in [3.05, 3.63) is 102 Å². The first-order chi connectivity index (χ1) is 16.1. The molecule has 0 aliphatic carbocycles. The van der Waals surface area contributed by atoms with Gasteiger partial charge in [-0.3, -0.25) is 4.79 Å². The van der Waals surface area contributed by atoms with Gasteiger partial charge in [0.05, 0.1) is 6.61 Å². The Morgan fingerprint density at radius 1 is 1.03 bits per heavy atom. The average molecular weight is 441 g/mol. The SMILES string of the molecule is C=C(Nc1ccc2c(c1)CCN(Cc1ccccc1)C2=O)c1ccc(OCCCCC)cc1. The van der Waals surface area contributed by atoms with Crippen LogP contribution >= 0.6 is 0 Å². The number of carbonyl (C=O) groups is 1. The molecule has 0 spiro atoms. The van der Waals surface area contributed by atoms with Gasteiger partial charge in [0.25, 0.3) is 5.91 Å². The summed E-state index contributed by atoms with van der Waals surface area (Å²) < 4.78 is 5.79. The summed E-state index contributed by atoms with van der Waals surface area (Å²) in [6.45, 7) is 8.51. The third-order valence-electron chi connectivity index (χ3n) is 6.00. The zero-order chi connectivity index (χ0) is 23.0. The van der Waals surface area contributed by atoms with E-state index < -0.39 is 0 Å². The van der Waals surface area contributed by atoms with Crippen LogP contribution in [-0.2, 0) is 13.0 Å². The normalized spacial score (nSPS) is 12.9. The standard InChI is InChI=1S/C29H32N2O2/c1-3-4-8-19-33-27-14-11-24(12-15-27)22(2)30-26-13-16-28-25(20-26)17-18-31(29(28)32)21-23-9-6-5-7-10-23/h5-7,9-16,20,30H,2-4,8,17-19,21H2,1H3. The molecule has 0 atom stereocenters. The van der Waals surface area contributed by atoms with Gasteiger partial charge in [0.2, 0.25) is 0 Å². The molecule has 1 aliphatic rings. The molecular weight excluding hydrogens is 408 g/mol. The van der Waals surface area contributed by atoms with Gasteiger partial charge in [0, 0.05) is 30.0 Å². The third kappa shape index (κ3) is 5.83. The smallest absolute Gasteiger partial charge is 0.254 e. The molecule has 0 saturated carbocycles. The van der Waals surface area contributed by atoms with Crippen LogP contribution in [0.2, 0.25) is 0 Å². The summed E-state index contributed by atoms with van der Waals surface area (Å²) in [4.78, 5) is 14.9. The first kappa shape index (κ1) is 22.7. The largest absolute Gasteiger partial charge is 0.494 e. The number of hydrogen-bond donors (Lipinski definition) is 1. The van der Waals surface area contributed by atoms with E-state index in [1.165, 1.54) is 12.8 Å². The molecular formula is C29H32N2O2. The number of carbonyl (C=O) groups excluding carboxylic acids is 1. The van der Waals surface area contributed by atoms with Crippen LogP contribution in [0.15, 0.2) is 79.4 Å². The van der Waals surface area contributed by atoms with Crippen molar-refractivity contribution in [1.82, 2.24) is 4.90 Å². The summed E-state index contributed by atoms with van der Waals surface area (Å²) in [5.41, 5.74) is 5.80. The minimum absolute atomic E-state index is 0.0972. The van der Waals surface area contributed by atoms with Crippen LogP contribution in [-0.4, -0.2) is 24.0 Å². The molecule has 4 heteroatoms. The maximum absolute atomic E-state index is 13.0. The van der Waals surface area contributed by atoms with Gasteiger partial charge in [0.1, 0.15) is 5.75 Å². The molecule has 3 aromatic carbocycles. The van der Waals surface area contributed by atoms with Gasteiger partial charge in [-0.05, 0) is 72.0 Å². The zero-order valence-electron chi connectivity index (χ0n) is 19.3. The molecule has 4 rings (SSSR count). The molecule has 4 nitrogen and oxygen atoms in total. The van der Waals surface area contributed by atoms with Crippen LogP contribution in [0.4, 0.5) is 5.69 Å². The summed E-state index contributed by atoms with van der Waals surface area (Å²) in [5.74, 6) is 0.981. The highest BCUT2D eigenvalue weighted by Gasteiger charge is 2.24. The average Bonchev–Trinajstić information content (AvgIpc) is 2.85. The summed E-state index contributed by atoms with van der Waals surface area (Å²) in [5, 5.41) is 3.39. The van der Waals surface area contributed by atoms with Gasteiger partial charge in [-0.1, -0.05) is 56.7 Å². The summed E-state index contributed by atoms with van der Waals surface area (Å²) in [6.07, 6.45) is 4.31. The summed E-state index contributed by atoms with van der Waals surface area (Å²) in [7, 11) is 0. The van der Waals surface area contributed by atoms with Crippen molar-refractivity contribution in [2.24, 2.45) is 0 Å². The monoisotopic (exact) mass is 440 g/mol. The second kappa shape index (κ2) is 10.9. The van der Waals surface area contributed by atoms with E-state index in [0.717, 1.165) is 65.4 Å². The molecule has 3 aromatic rings. The van der Waals surface area contributed by atoms with Gasteiger partial charge < -0.3 is 15.0 Å². The lowest BCUT2D eigenvalue weighted by molar-refractivity contribution is 0.0727. The molecule has 0 fully saturated rings. The number of hydrogen-bond acceptors (Lipinski definition) is 3. The molecule has 0 bridgehead atoms. The number of nitrogens with one attached hydrogen (secondary N) is 1. The number of ether oxygens (including phenoxy) is 1. The molecule has 0 saturated heterocycles. The van der Waals surface area contributed by atoms with Crippen LogP contribution in [0.25, 0.3) is 5.70 Å². The van der Waals surface area contributed by atoms with E-state index in [0.29, 0.717) is 6.54 Å². The molecule has 1 N–H and O–H groups in total. The van der Waals surface area contributed by atoms with E-state index in [1.807, 2.05) is 59.5 Å². The fourth-order valence-corrected chi connectivity index (χ4v) is 4.11. The molecule has 0 radical (unpaired) electrons. The van der Waals surface area contributed by atoms with Crippen molar-refractivity contribution in [2.45, 2.75) is 39.2 Å². The van der Waals surface area contributed by atoms with Gasteiger partial charge in [-0.25, -0.2) is 0 Å². The Hall–Kier alpha value is -3.53. The highest BCUT2D eigenvalue weighted by Crippen LogP contribution is 2.26. The lowest BCUT2D eigenvalue weighted by Gasteiger charge is -2.29. The number of rotatable bonds is 10. The van der Waals surface area contributed by atoms with Crippen LogP contribution < -0.4 is 10.1 Å². The molecule has 0 unspecified atom stereocenters. The van der Waals surface area contributed by atoms with Crippen LogP contribution in [0.1, 0.15) is 53.2 Å². The van der Waals surface area contributed by atoms with Crippen LogP contribution in [0.5, 0.6) is 5.75 Å². The summed E-state index contributed by atoms with van der Waals surface area (Å²) >= 11 is 0. The zero-order valence-corrected chi connectivity index (χ0v) is 19.3. The Morgan fingerprint density at radius 3 is 2.58 bits per heavy atom. The first-order valence-electron chi connectivity index (χ1n) is 11.8. The Kier molecular flexibility index (Phi) is 7.46. The van der Waals surface area contributed by atoms with Gasteiger partial charge in [0.15, 0.2) is 0 Å². The quantitative estimate of drug-likeness (QED) is 0.364. The van der Waals surface area contributed by atoms with E-state index in [4.69, 9.17) is 4.74 Å². The summed E-state index contributed by atoms with van der Waals surface area (Å²) in [6, 6.07) is 24.1. The predicted molar refractivity (Wildman–Crippen MR) is 135 cm³/mol. The van der Waals surface area contributed by atoms with Crippen molar-refractivity contribution >= 4 is 17.3 Å². The lowest BCUT2D eigenvalue weighted by Crippen LogP contribution is -2.37. The van der Waals surface area contributed by atoms with Crippen molar-refractivity contribution in [3.8, 4) is 5.75 Å². The topological polar surface area (TPSA) is 41.6 Å². The molecule has 1 heterocycles. The Balaban J connectivity index is 1.36.